The van der Waals surface area contributed by atoms with Gasteiger partial charge in [-0.2, -0.15) is 0 Å². The Morgan fingerprint density at radius 2 is 1.96 bits per heavy atom. The predicted molar refractivity (Wildman–Crippen MR) is 101 cm³/mol. The Bertz CT molecular complexity index is 1220. The average Bonchev–Trinajstić information content (AvgIpc) is 3.35. The molecular weight excluding hydrogens is 318 g/mol. The molecule has 0 saturated carbocycles. The molecule has 1 heterocycles. The molecule has 0 amide bonds. The minimum atomic E-state index is -3.48. The first-order valence-electron chi connectivity index (χ1n) is 15.3. The van der Waals surface area contributed by atoms with Crippen molar-refractivity contribution in [1.29, 1.82) is 0 Å². The molecule has 2 aromatic rings. The first-order valence-corrected chi connectivity index (χ1v) is 7.72. The summed E-state index contributed by atoms with van der Waals surface area (Å²) in [5.41, 5.74) is -4.28. The van der Waals surface area contributed by atoms with E-state index in [1.165, 1.54) is 0 Å². The van der Waals surface area contributed by atoms with Gasteiger partial charge in [-0.05, 0) is 62.9 Å². The largest absolute Gasteiger partial charge is 0.366 e. The van der Waals surface area contributed by atoms with Gasteiger partial charge in [-0.25, -0.2) is 0 Å². The summed E-state index contributed by atoms with van der Waals surface area (Å²) in [7, 11) is 0. The molecule has 24 heavy (non-hydrogen) atoms. The van der Waals surface area contributed by atoms with Gasteiger partial charge < -0.3 is 9.64 Å². The fraction of sp³-hybridized carbons (Fsp3) is 0.429. The van der Waals surface area contributed by atoms with E-state index in [9.17, 15) is 0 Å². The maximum Gasteiger partial charge on any atom is 0.115 e. The minimum Gasteiger partial charge on any atom is -0.366 e. The van der Waals surface area contributed by atoms with Gasteiger partial charge >= 0.3 is 0 Å². The zero-order chi connectivity index (χ0) is 30.9. The number of halogens is 1. The van der Waals surface area contributed by atoms with Crippen LogP contribution in [0.2, 0.25) is 5.02 Å². The van der Waals surface area contributed by atoms with Crippen molar-refractivity contribution in [3.8, 4) is 0 Å². The highest BCUT2D eigenvalue weighted by atomic mass is 35.5. The molecule has 3 heteroatoms. The van der Waals surface area contributed by atoms with E-state index in [1.54, 1.807) is 0 Å². The van der Waals surface area contributed by atoms with E-state index in [4.69, 9.17) is 38.3 Å². The lowest BCUT2D eigenvalue weighted by atomic mass is 9.88. The molecule has 0 radical (unpaired) electrons. The summed E-state index contributed by atoms with van der Waals surface area (Å²) in [4.78, 5) is 0.813. The second-order valence-electron chi connectivity index (χ2n) is 5.42. The second kappa shape index (κ2) is 7.69. The lowest BCUT2D eigenvalue weighted by molar-refractivity contribution is -0.0117. The number of benzene rings is 2. The summed E-state index contributed by atoms with van der Waals surface area (Å²) in [6, 6.07) is -9.23. The van der Waals surface area contributed by atoms with Crippen molar-refractivity contribution in [2.24, 2.45) is 0 Å². The topological polar surface area (TPSA) is 12.5 Å². The summed E-state index contributed by atoms with van der Waals surface area (Å²) >= 11 is 5.93. The van der Waals surface area contributed by atoms with Crippen LogP contribution in [0.5, 0.6) is 0 Å². The molecule has 0 aromatic heterocycles. The first-order chi connectivity index (χ1) is 18.0. The summed E-state index contributed by atoms with van der Waals surface area (Å²) in [5, 5.41) is -0.597. The highest BCUT2D eigenvalue weighted by Gasteiger charge is 2.30. The van der Waals surface area contributed by atoms with Crippen LogP contribution >= 0.6 is 11.6 Å². The molecule has 0 bridgehead atoms. The van der Waals surface area contributed by atoms with Crippen LogP contribution in [0.25, 0.3) is 0 Å². The Morgan fingerprint density at radius 1 is 1.25 bits per heavy atom. The molecule has 2 aromatic carbocycles. The molecule has 1 saturated heterocycles. The van der Waals surface area contributed by atoms with Crippen molar-refractivity contribution in [3.63, 3.8) is 0 Å². The lowest BCUT2D eigenvalue weighted by Gasteiger charge is -2.32. The number of rotatable bonds is 6. The molecule has 128 valence electrons. The smallest absolute Gasteiger partial charge is 0.115 e. The fourth-order valence-corrected chi connectivity index (χ4v) is 2.46. The maximum absolute atomic E-state index is 8.69. The molecule has 2 nitrogen and oxygen atoms in total. The van der Waals surface area contributed by atoms with Gasteiger partial charge in [-0.15, -0.1) is 0 Å². The Morgan fingerprint density at radius 3 is 2.67 bits per heavy atom. The average molecular weight is 360 g/mol. The number of ether oxygens (including phenoxy) is 1. The number of nitrogens with zero attached hydrogens (tertiary/aromatic N) is 1. The number of hydrogen-bond acceptors (Lipinski definition) is 2. The van der Waals surface area contributed by atoms with Crippen LogP contribution in [0.3, 0.4) is 0 Å². The monoisotopic (exact) mass is 359 g/mol. The molecule has 3 rings (SSSR count). The molecule has 2 atom stereocenters. The summed E-state index contributed by atoms with van der Waals surface area (Å²) in [5.74, 6) is 0. The Balaban J connectivity index is 2.40. The van der Waals surface area contributed by atoms with E-state index in [1.807, 2.05) is 0 Å². The van der Waals surface area contributed by atoms with Crippen LogP contribution in [0.15, 0.2) is 54.4 Å². The van der Waals surface area contributed by atoms with Crippen LogP contribution in [-0.4, -0.2) is 31.0 Å². The molecule has 0 aliphatic carbocycles. The van der Waals surface area contributed by atoms with Gasteiger partial charge in [-0.1, -0.05) is 53.9 Å². The standard InChI is InChI=1S/C21H26ClNO/c1-21(17-7-4-3-5-8-17,18-10-12-19(22)13-11-18)24-16-14-20-9-6-15-23(20)2/h3-5,7-8,10-13,20H,6,9,14-16H2,1-2H3/t20-,21-/m1/s1/i2D3,3D,4D,5D,7D,8D,10D,11D,12D,13D,14D2,16D2. The Hall–Kier alpha value is -1.35. The number of hydrogen-bond donors (Lipinski definition) is 0. The third-order valence-corrected chi connectivity index (χ3v) is 3.97. The van der Waals surface area contributed by atoms with Gasteiger partial charge in [0.05, 0.1) is 15.1 Å². The minimum absolute atomic E-state index is 0.0630. The quantitative estimate of drug-likeness (QED) is 0.711. The zero-order valence-electron chi connectivity index (χ0n) is 28.9. The molecule has 1 aliphatic heterocycles. The highest BCUT2D eigenvalue weighted by Crippen LogP contribution is 2.34. The van der Waals surface area contributed by atoms with Crippen LogP contribution in [-0.2, 0) is 10.3 Å². The zero-order valence-corrected chi connectivity index (χ0v) is 13.7. The van der Waals surface area contributed by atoms with Crippen molar-refractivity contribution in [2.45, 2.75) is 37.8 Å². The molecule has 0 N–H and O–H groups in total. The molecule has 1 aliphatic rings. The van der Waals surface area contributed by atoms with Gasteiger partial charge in [0, 0.05) is 24.5 Å². The normalized spacial score (nSPS) is 32.2. The van der Waals surface area contributed by atoms with E-state index in [-0.39, 0.29) is 19.4 Å². The molecule has 1 fully saturated rings. The summed E-state index contributed by atoms with van der Waals surface area (Å²) in [6.07, 6.45) is -2.94. The third kappa shape index (κ3) is 3.83. The Kier molecular flexibility index (Phi) is 2.06. The van der Waals surface area contributed by atoms with Gasteiger partial charge in [0.1, 0.15) is 5.60 Å². The van der Waals surface area contributed by atoms with E-state index in [0.29, 0.717) is 0 Å². The SMILES string of the molecule is [2H]c1c([2H])c([2H])c([C@@](C)(OC([2H])([2H])C([2H])([2H])[C@H]2CCCN2C([2H])([2H])[2H])c2c([2H])c([2H])c(Cl)c([2H])c2[2H])c([2H])c1[2H]. The first kappa shape index (κ1) is 6.42. The van der Waals surface area contributed by atoms with E-state index >= 15 is 0 Å². The maximum atomic E-state index is 8.69. The molecule has 0 spiro atoms. The van der Waals surface area contributed by atoms with Crippen LogP contribution in [0, 0.1) is 0 Å². The lowest BCUT2D eigenvalue weighted by Crippen LogP contribution is -2.31. The van der Waals surface area contributed by atoms with E-state index in [2.05, 4.69) is 0 Å². The van der Waals surface area contributed by atoms with Crippen molar-refractivity contribution >= 4 is 11.6 Å². The van der Waals surface area contributed by atoms with Gasteiger partial charge in [0.15, 0.2) is 0 Å². The fourth-order valence-electron chi connectivity index (χ4n) is 2.37. The predicted octanol–water partition coefficient (Wildman–Crippen LogP) is 5.10. The summed E-state index contributed by atoms with van der Waals surface area (Å²) in [6.45, 7) is -5.37. The van der Waals surface area contributed by atoms with Crippen molar-refractivity contribution < 1.29 is 26.7 Å². The summed E-state index contributed by atoms with van der Waals surface area (Å²) < 4.78 is 138. The molecule has 0 unspecified atom stereocenters. The van der Waals surface area contributed by atoms with Crippen molar-refractivity contribution in [3.05, 3.63) is 70.5 Å². The molecular formula is C21H26ClNO. The number of likely N-dealkylation sites (tertiary alicyclic amines) is 1. The van der Waals surface area contributed by atoms with Crippen molar-refractivity contribution in [2.75, 3.05) is 20.1 Å². The van der Waals surface area contributed by atoms with Gasteiger partial charge in [0.2, 0.25) is 0 Å². The Labute approximate surface area is 172 Å². The van der Waals surface area contributed by atoms with Gasteiger partial charge in [-0.3, -0.25) is 0 Å². The third-order valence-electron chi connectivity index (χ3n) is 3.78. The second-order valence-corrected chi connectivity index (χ2v) is 5.80. The van der Waals surface area contributed by atoms with E-state index < -0.39 is 102 Å². The van der Waals surface area contributed by atoms with Gasteiger partial charge in [0.25, 0.3) is 0 Å². The van der Waals surface area contributed by atoms with Crippen LogP contribution in [0.1, 0.15) is 59.2 Å². The van der Waals surface area contributed by atoms with Crippen molar-refractivity contribution in [1.82, 2.24) is 4.90 Å². The van der Waals surface area contributed by atoms with Crippen LogP contribution < -0.4 is 0 Å². The van der Waals surface area contributed by atoms with Crippen LogP contribution in [0.4, 0.5) is 0 Å². The highest BCUT2D eigenvalue weighted by molar-refractivity contribution is 6.30. The van der Waals surface area contributed by atoms with E-state index in [0.717, 1.165) is 11.8 Å².